The van der Waals surface area contributed by atoms with Gasteiger partial charge in [-0.25, -0.2) is 9.97 Å². The fraction of sp³-hybridized carbons (Fsp3) is 0.526. The van der Waals surface area contributed by atoms with Crippen LogP contribution in [0.2, 0.25) is 0 Å². The number of rotatable bonds is 6. The molecule has 1 fully saturated rings. The number of anilines is 1. The highest BCUT2D eigenvalue weighted by Crippen LogP contribution is 2.37. The predicted octanol–water partition coefficient (Wildman–Crippen LogP) is 3.10. The Morgan fingerprint density at radius 2 is 2.17 bits per heavy atom. The van der Waals surface area contributed by atoms with Crippen LogP contribution in [0.25, 0.3) is 11.3 Å². The Labute approximate surface area is 166 Å². The molecule has 4 N–H and O–H groups in total. The fourth-order valence-electron chi connectivity index (χ4n) is 3.33. The maximum Gasteiger partial charge on any atom is 0.419 e. The molecule has 2 aromatic heterocycles. The van der Waals surface area contributed by atoms with E-state index >= 15 is 0 Å². The molecule has 0 saturated carbocycles. The first-order valence-electron chi connectivity index (χ1n) is 9.69. The molecule has 29 heavy (non-hydrogen) atoms. The standard InChI is InChI=1S/C19H25F3N6O/c1-3-6-24-17(29)15-11(2)13(9-25-15)16-14(19(20,21)22)10-26-18(28-16)27-12-5-4-7-23-8-12/h9-10,12,23,25H,3-8H2,1-2H3,(H,24,29)(H,26,27,28). The lowest BCUT2D eigenvalue weighted by Crippen LogP contribution is -2.38. The zero-order valence-electron chi connectivity index (χ0n) is 16.4. The molecule has 0 radical (unpaired) electrons. The van der Waals surface area contributed by atoms with E-state index in [0.717, 1.165) is 32.0 Å². The number of aromatic nitrogens is 3. The van der Waals surface area contributed by atoms with E-state index in [4.69, 9.17) is 0 Å². The monoisotopic (exact) mass is 410 g/mol. The van der Waals surface area contributed by atoms with Crippen LogP contribution in [0.4, 0.5) is 19.1 Å². The third kappa shape index (κ3) is 4.87. The molecule has 1 atom stereocenters. The van der Waals surface area contributed by atoms with Gasteiger partial charge < -0.3 is 20.9 Å². The zero-order chi connectivity index (χ0) is 21.0. The van der Waals surface area contributed by atoms with Crippen LogP contribution in [0.5, 0.6) is 0 Å². The van der Waals surface area contributed by atoms with Gasteiger partial charge in [-0.15, -0.1) is 0 Å². The van der Waals surface area contributed by atoms with Gasteiger partial charge in [0.1, 0.15) is 11.3 Å². The summed E-state index contributed by atoms with van der Waals surface area (Å²) in [5.74, 6) is -0.218. The van der Waals surface area contributed by atoms with E-state index in [1.54, 1.807) is 6.92 Å². The van der Waals surface area contributed by atoms with Gasteiger partial charge >= 0.3 is 6.18 Å². The molecule has 1 saturated heterocycles. The van der Waals surface area contributed by atoms with E-state index in [1.165, 1.54) is 6.20 Å². The third-order valence-electron chi connectivity index (χ3n) is 4.88. The molecule has 1 unspecified atom stereocenters. The minimum atomic E-state index is -4.62. The van der Waals surface area contributed by atoms with Gasteiger partial charge in [-0.3, -0.25) is 4.79 Å². The first kappa shape index (κ1) is 21.1. The Bertz CT molecular complexity index is 858. The van der Waals surface area contributed by atoms with E-state index in [9.17, 15) is 18.0 Å². The summed E-state index contributed by atoms with van der Waals surface area (Å²) in [5, 5.41) is 9.06. The number of nitrogens with one attached hydrogen (secondary N) is 4. The lowest BCUT2D eigenvalue weighted by atomic mass is 10.0. The van der Waals surface area contributed by atoms with Crippen molar-refractivity contribution in [3.05, 3.63) is 29.2 Å². The average Bonchev–Trinajstić information content (AvgIpc) is 3.07. The predicted molar refractivity (Wildman–Crippen MR) is 104 cm³/mol. The van der Waals surface area contributed by atoms with Crippen LogP contribution in [0.3, 0.4) is 0 Å². The van der Waals surface area contributed by atoms with Gasteiger partial charge in [0.25, 0.3) is 5.91 Å². The Balaban J connectivity index is 1.96. The number of carbonyl (C=O) groups is 1. The second kappa shape index (κ2) is 8.81. The summed E-state index contributed by atoms with van der Waals surface area (Å²) in [7, 11) is 0. The first-order chi connectivity index (χ1) is 13.8. The summed E-state index contributed by atoms with van der Waals surface area (Å²) < 4.78 is 40.8. The van der Waals surface area contributed by atoms with Crippen LogP contribution < -0.4 is 16.0 Å². The molecule has 0 aromatic carbocycles. The average molecular weight is 410 g/mol. The van der Waals surface area contributed by atoms with Crippen molar-refractivity contribution in [1.29, 1.82) is 0 Å². The molecule has 1 aliphatic rings. The summed E-state index contributed by atoms with van der Waals surface area (Å²) in [4.78, 5) is 23.1. The van der Waals surface area contributed by atoms with Gasteiger partial charge in [-0.1, -0.05) is 6.92 Å². The van der Waals surface area contributed by atoms with Crippen molar-refractivity contribution in [2.45, 2.75) is 45.3 Å². The number of nitrogens with zero attached hydrogens (tertiary/aromatic N) is 2. The van der Waals surface area contributed by atoms with Crippen molar-refractivity contribution < 1.29 is 18.0 Å². The van der Waals surface area contributed by atoms with Crippen molar-refractivity contribution >= 4 is 11.9 Å². The highest BCUT2D eigenvalue weighted by atomic mass is 19.4. The number of alkyl halides is 3. The Kier molecular flexibility index (Phi) is 6.41. The molecule has 3 rings (SSSR count). The summed E-state index contributed by atoms with van der Waals surface area (Å²) in [6.45, 7) is 5.62. The van der Waals surface area contributed by atoms with Crippen molar-refractivity contribution in [2.75, 3.05) is 25.0 Å². The van der Waals surface area contributed by atoms with E-state index in [2.05, 4.69) is 30.9 Å². The first-order valence-corrected chi connectivity index (χ1v) is 9.69. The molecular formula is C19H25F3N6O. The van der Waals surface area contributed by atoms with Crippen molar-refractivity contribution in [3.8, 4) is 11.3 Å². The second-order valence-electron chi connectivity index (χ2n) is 7.10. The van der Waals surface area contributed by atoms with E-state index in [-0.39, 0.29) is 34.8 Å². The summed E-state index contributed by atoms with van der Waals surface area (Å²) >= 11 is 0. The third-order valence-corrected chi connectivity index (χ3v) is 4.88. The lowest BCUT2D eigenvalue weighted by Gasteiger charge is -2.24. The van der Waals surface area contributed by atoms with Crippen molar-refractivity contribution in [1.82, 2.24) is 25.6 Å². The largest absolute Gasteiger partial charge is 0.419 e. The maximum atomic E-state index is 13.6. The number of amides is 1. The number of aromatic amines is 1. The second-order valence-corrected chi connectivity index (χ2v) is 7.10. The maximum absolute atomic E-state index is 13.6. The van der Waals surface area contributed by atoms with Gasteiger partial charge in [0.05, 0.1) is 5.69 Å². The Morgan fingerprint density at radius 1 is 1.38 bits per heavy atom. The number of halogens is 3. The Morgan fingerprint density at radius 3 is 2.83 bits per heavy atom. The molecular weight excluding hydrogens is 385 g/mol. The molecule has 158 valence electrons. The molecule has 10 heteroatoms. The minimum Gasteiger partial charge on any atom is -0.356 e. The lowest BCUT2D eigenvalue weighted by molar-refractivity contribution is -0.137. The van der Waals surface area contributed by atoms with Crippen LogP contribution in [-0.4, -0.2) is 46.5 Å². The molecule has 7 nitrogen and oxygen atoms in total. The van der Waals surface area contributed by atoms with Gasteiger partial charge in [-0.05, 0) is 38.3 Å². The highest BCUT2D eigenvalue weighted by Gasteiger charge is 2.36. The molecule has 1 amide bonds. The highest BCUT2D eigenvalue weighted by molar-refractivity contribution is 5.96. The Hall–Kier alpha value is -2.62. The molecule has 0 aliphatic carbocycles. The molecule has 3 heterocycles. The van der Waals surface area contributed by atoms with E-state index in [0.29, 0.717) is 18.7 Å². The zero-order valence-corrected chi connectivity index (χ0v) is 16.4. The van der Waals surface area contributed by atoms with Gasteiger partial charge in [-0.2, -0.15) is 13.2 Å². The van der Waals surface area contributed by atoms with Gasteiger partial charge in [0, 0.05) is 37.1 Å². The van der Waals surface area contributed by atoms with Gasteiger partial charge in [0.2, 0.25) is 5.95 Å². The molecule has 0 spiro atoms. The van der Waals surface area contributed by atoms with Crippen LogP contribution >= 0.6 is 0 Å². The van der Waals surface area contributed by atoms with Gasteiger partial charge in [0.15, 0.2) is 0 Å². The van der Waals surface area contributed by atoms with Crippen molar-refractivity contribution in [2.24, 2.45) is 0 Å². The number of piperidine rings is 1. The van der Waals surface area contributed by atoms with Crippen LogP contribution in [0.15, 0.2) is 12.4 Å². The van der Waals surface area contributed by atoms with E-state index < -0.39 is 11.7 Å². The summed E-state index contributed by atoms with van der Waals surface area (Å²) in [6, 6.07) is 0.0519. The molecule has 2 aromatic rings. The van der Waals surface area contributed by atoms with Crippen molar-refractivity contribution in [3.63, 3.8) is 0 Å². The topological polar surface area (TPSA) is 94.7 Å². The SMILES string of the molecule is CCCNC(=O)c1[nH]cc(-c2nc(NC3CCCNC3)ncc2C(F)(F)F)c1C. The van der Waals surface area contributed by atoms with Crippen LogP contribution in [0.1, 0.15) is 47.8 Å². The summed E-state index contributed by atoms with van der Waals surface area (Å²) in [5.41, 5.74) is -0.319. The summed E-state index contributed by atoms with van der Waals surface area (Å²) in [6.07, 6.45) is 0.183. The number of hydrogen-bond acceptors (Lipinski definition) is 5. The number of carbonyl (C=O) groups excluding carboxylic acids is 1. The van der Waals surface area contributed by atoms with Crippen LogP contribution in [0, 0.1) is 6.92 Å². The number of hydrogen-bond donors (Lipinski definition) is 4. The van der Waals surface area contributed by atoms with E-state index in [1.807, 2.05) is 6.92 Å². The fourth-order valence-corrected chi connectivity index (χ4v) is 3.33. The minimum absolute atomic E-state index is 0.0519. The van der Waals surface area contributed by atoms with Crippen LogP contribution in [-0.2, 0) is 6.18 Å². The number of H-pyrrole nitrogens is 1. The molecule has 1 aliphatic heterocycles. The molecule has 0 bridgehead atoms. The quantitative estimate of drug-likeness (QED) is 0.587. The smallest absolute Gasteiger partial charge is 0.356 e. The normalized spacial score (nSPS) is 17.2.